The quantitative estimate of drug-likeness (QED) is 0.654. The van der Waals surface area contributed by atoms with Crippen molar-refractivity contribution >= 4 is 0 Å². The molecule has 0 amide bonds. The van der Waals surface area contributed by atoms with Crippen LogP contribution in [0.4, 0.5) is 22.0 Å². The minimum Gasteiger partial charge on any atom is -0.399 e. The van der Waals surface area contributed by atoms with Crippen LogP contribution in [0.5, 0.6) is 5.75 Å². The van der Waals surface area contributed by atoms with Gasteiger partial charge >= 0.3 is 6.36 Å². The lowest BCUT2D eigenvalue weighted by Gasteiger charge is -2.26. The Morgan fingerprint density at radius 2 is 1.59 bits per heavy atom. The average molecular weight is 322 g/mol. The highest BCUT2D eigenvalue weighted by molar-refractivity contribution is 5.31. The van der Waals surface area contributed by atoms with Crippen LogP contribution in [0, 0.1) is 23.5 Å². The monoisotopic (exact) mass is 322 g/mol. The minimum absolute atomic E-state index is 0.364. The summed E-state index contributed by atoms with van der Waals surface area (Å²) >= 11 is 0. The van der Waals surface area contributed by atoms with Crippen molar-refractivity contribution in [2.45, 2.75) is 51.8 Å². The number of halogens is 5. The zero-order valence-electron chi connectivity index (χ0n) is 12.4. The molecule has 0 aliphatic heterocycles. The molecule has 1 nitrogen and oxygen atoms in total. The molecule has 2 rings (SSSR count). The lowest BCUT2D eigenvalue weighted by molar-refractivity contribution is -0.276. The number of rotatable bonds is 4. The van der Waals surface area contributed by atoms with E-state index in [2.05, 4.69) is 11.7 Å². The predicted molar refractivity (Wildman–Crippen MR) is 72.5 cm³/mol. The first-order chi connectivity index (χ1) is 10.2. The first kappa shape index (κ1) is 17.0. The van der Waals surface area contributed by atoms with Crippen molar-refractivity contribution in [3.8, 4) is 5.75 Å². The number of hydrogen-bond acceptors (Lipinski definition) is 1. The summed E-state index contributed by atoms with van der Waals surface area (Å²) in [5, 5.41) is 0. The van der Waals surface area contributed by atoms with E-state index in [0.717, 1.165) is 50.2 Å². The van der Waals surface area contributed by atoms with Gasteiger partial charge in [-0.3, -0.25) is 0 Å². The Morgan fingerprint density at radius 3 is 2.09 bits per heavy atom. The fraction of sp³-hybridized carbons (Fsp3) is 0.625. The summed E-state index contributed by atoms with van der Waals surface area (Å²) in [4.78, 5) is 0. The average Bonchev–Trinajstić information content (AvgIpc) is 2.41. The van der Waals surface area contributed by atoms with Gasteiger partial charge < -0.3 is 4.74 Å². The smallest absolute Gasteiger partial charge is 0.399 e. The van der Waals surface area contributed by atoms with Crippen molar-refractivity contribution in [2.75, 3.05) is 0 Å². The Balaban J connectivity index is 1.98. The molecule has 22 heavy (non-hydrogen) atoms. The highest BCUT2D eigenvalue weighted by Crippen LogP contribution is 2.33. The van der Waals surface area contributed by atoms with Crippen molar-refractivity contribution < 1.29 is 26.7 Å². The molecule has 1 saturated carbocycles. The third-order valence-corrected chi connectivity index (χ3v) is 4.25. The number of alkyl halides is 3. The minimum atomic E-state index is -5.11. The molecule has 1 fully saturated rings. The number of aryl methyl sites for hydroxylation is 1. The number of hydrogen-bond donors (Lipinski definition) is 0. The molecule has 124 valence electrons. The Hall–Kier alpha value is -1.33. The van der Waals surface area contributed by atoms with E-state index in [9.17, 15) is 22.0 Å². The largest absolute Gasteiger partial charge is 0.573 e. The summed E-state index contributed by atoms with van der Waals surface area (Å²) in [6.45, 7) is 2.21. The lowest BCUT2D eigenvalue weighted by Crippen LogP contribution is -2.19. The van der Waals surface area contributed by atoms with Crippen LogP contribution in [0.25, 0.3) is 0 Å². The Morgan fingerprint density at radius 1 is 1.05 bits per heavy atom. The number of ether oxygens (including phenoxy) is 1. The van der Waals surface area contributed by atoms with Gasteiger partial charge in [0.25, 0.3) is 0 Å². The molecule has 1 aliphatic rings. The van der Waals surface area contributed by atoms with E-state index in [1.807, 2.05) is 0 Å². The van der Waals surface area contributed by atoms with Gasteiger partial charge in [0.15, 0.2) is 11.6 Å². The molecule has 0 atom stereocenters. The van der Waals surface area contributed by atoms with Crippen molar-refractivity contribution in [1.29, 1.82) is 0 Å². The molecule has 6 heteroatoms. The summed E-state index contributed by atoms with van der Waals surface area (Å²) in [5.74, 6) is -2.77. The van der Waals surface area contributed by atoms with Crippen LogP contribution in [0.3, 0.4) is 0 Å². The maximum Gasteiger partial charge on any atom is 0.573 e. The molecule has 0 N–H and O–H groups in total. The molecule has 0 saturated heterocycles. The van der Waals surface area contributed by atoms with Crippen molar-refractivity contribution in [3.63, 3.8) is 0 Å². The Kier molecular flexibility index (Phi) is 5.29. The molecule has 0 radical (unpaired) electrons. The van der Waals surface area contributed by atoms with E-state index >= 15 is 0 Å². The molecule has 0 heterocycles. The lowest BCUT2D eigenvalue weighted by atomic mass is 9.80. The Labute approximate surface area is 126 Å². The zero-order chi connectivity index (χ0) is 16.3. The molecular weight excluding hydrogens is 303 g/mol. The van der Waals surface area contributed by atoms with Crippen LogP contribution in [0.1, 0.15) is 44.6 Å². The van der Waals surface area contributed by atoms with Gasteiger partial charge in [-0.25, -0.2) is 8.78 Å². The number of benzene rings is 1. The molecule has 1 aromatic carbocycles. The van der Waals surface area contributed by atoms with Crippen LogP contribution < -0.4 is 4.74 Å². The summed E-state index contributed by atoms with van der Waals surface area (Å²) in [7, 11) is 0. The first-order valence-corrected chi connectivity index (χ1v) is 7.48. The standard InChI is InChI=1S/C16H19F5O/c1-10-2-4-11(5-3-10)6-7-12-8-13(17)15(14(18)9-12)22-16(19,20)21/h8-11H,2-7H2,1H3. The summed E-state index contributed by atoms with van der Waals surface area (Å²) in [6, 6.07) is 1.85. The van der Waals surface area contributed by atoms with E-state index < -0.39 is 23.7 Å². The molecule has 0 spiro atoms. The van der Waals surface area contributed by atoms with Gasteiger partial charge in [-0.2, -0.15) is 0 Å². The van der Waals surface area contributed by atoms with Gasteiger partial charge in [0.2, 0.25) is 5.75 Å². The fourth-order valence-electron chi connectivity index (χ4n) is 2.96. The van der Waals surface area contributed by atoms with Gasteiger partial charge in [0.05, 0.1) is 0 Å². The van der Waals surface area contributed by atoms with E-state index in [0.29, 0.717) is 17.9 Å². The van der Waals surface area contributed by atoms with E-state index in [1.54, 1.807) is 0 Å². The van der Waals surface area contributed by atoms with E-state index in [4.69, 9.17) is 0 Å². The maximum absolute atomic E-state index is 13.6. The van der Waals surface area contributed by atoms with Crippen LogP contribution in [-0.2, 0) is 6.42 Å². The third-order valence-electron chi connectivity index (χ3n) is 4.25. The second-order valence-corrected chi connectivity index (χ2v) is 6.10. The second kappa shape index (κ2) is 6.84. The van der Waals surface area contributed by atoms with Crippen molar-refractivity contribution in [3.05, 3.63) is 29.3 Å². The normalized spacial score (nSPS) is 22.6. The molecule has 0 unspecified atom stereocenters. The first-order valence-electron chi connectivity index (χ1n) is 7.48. The zero-order valence-corrected chi connectivity index (χ0v) is 12.4. The SMILES string of the molecule is CC1CCC(CCc2cc(F)c(OC(F)(F)F)c(F)c2)CC1. The third kappa shape index (κ3) is 4.85. The van der Waals surface area contributed by atoms with Gasteiger partial charge in [-0.1, -0.05) is 32.6 Å². The molecule has 1 aromatic rings. The van der Waals surface area contributed by atoms with Crippen molar-refractivity contribution in [2.24, 2.45) is 11.8 Å². The predicted octanol–water partition coefficient (Wildman–Crippen LogP) is 5.62. The fourth-order valence-corrected chi connectivity index (χ4v) is 2.96. The summed E-state index contributed by atoms with van der Waals surface area (Å²) in [6.07, 6.45) is 0.659. The Bertz CT molecular complexity index is 481. The molecule has 0 bridgehead atoms. The second-order valence-electron chi connectivity index (χ2n) is 6.10. The van der Waals surface area contributed by atoms with Crippen LogP contribution in [0.15, 0.2) is 12.1 Å². The molecule has 0 aromatic heterocycles. The van der Waals surface area contributed by atoms with Crippen LogP contribution >= 0.6 is 0 Å². The molecular formula is C16H19F5O. The topological polar surface area (TPSA) is 9.23 Å². The van der Waals surface area contributed by atoms with Crippen LogP contribution in [-0.4, -0.2) is 6.36 Å². The van der Waals surface area contributed by atoms with Gasteiger partial charge in [-0.15, -0.1) is 13.2 Å². The van der Waals surface area contributed by atoms with Gasteiger partial charge in [0, 0.05) is 0 Å². The van der Waals surface area contributed by atoms with Crippen LogP contribution in [0.2, 0.25) is 0 Å². The van der Waals surface area contributed by atoms with Gasteiger partial charge in [-0.05, 0) is 42.4 Å². The summed E-state index contributed by atoms with van der Waals surface area (Å²) < 4.78 is 66.8. The summed E-state index contributed by atoms with van der Waals surface area (Å²) in [5.41, 5.74) is 0.364. The molecule has 1 aliphatic carbocycles. The highest BCUT2D eigenvalue weighted by atomic mass is 19.4. The van der Waals surface area contributed by atoms with E-state index in [1.165, 1.54) is 0 Å². The van der Waals surface area contributed by atoms with Gasteiger partial charge in [0.1, 0.15) is 0 Å². The maximum atomic E-state index is 13.6. The van der Waals surface area contributed by atoms with Crippen molar-refractivity contribution in [1.82, 2.24) is 0 Å². The highest BCUT2D eigenvalue weighted by Gasteiger charge is 2.34. The van der Waals surface area contributed by atoms with E-state index in [-0.39, 0.29) is 0 Å².